The lowest BCUT2D eigenvalue weighted by molar-refractivity contribution is 0.814. The highest BCUT2D eigenvalue weighted by molar-refractivity contribution is 6.30. The largest absolute Gasteiger partial charge is 0.382 e. The van der Waals surface area contributed by atoms with Gasteiger partial charge in [0.05, 0.1) is 5.69 Å². The van der Waals surface area contributed by atoms with Gasteiger partial charge in [-0.1, -0.05) is 11.6 Å². The molecular formula is C13H15ClN6O. The van der Waals surface area contributed by atoms with E-state index in [0.29, 0.717) is 28.8 Å². The fourth-order valence-electron chi connectivity index (χ4n) is 1.69. The number of hydrogen-bond acceptors (Lipinski definition) is 6. The average molecular weight is 307 g/mol. The lowest BCUT2D eigenvalue weighted by Crippen LogP contribution is -2.24. The number of nitrogens with two attached hydrogens (primary N) is 1. The van der Waals surface area contributed by atoms with Crippen molar-refractivity contribution in [3.8, 4) is 0 Å². The van der Waals surface area contributed by atoms with Gasteiger partial charge in [0, 0.05) is 18.6 Å². The lowest BCUT2D eigenvalue weighted by atomic mass is 10.3. The van der Waals surface area contributed by atoms with Crippen LogP contribution in [0.5, 0.6) is 0 Å². The number of nitrogens with zero attached hydrogens (tertiary/aromatic N) is 4. The Kier molecular flexibility index (Phi) is 4.54. The van der Waals surface area contributed by atoms with Crippen LogP contribution in [0.3, 0.4) is 0 Å². The number of hydrogen-bond donors (Lipinski definition) is 2. The third kappa shape index (κ3) is 3.38. The summed E-state index contributed by atoms with van der Waals surface area (Å²) in [6.07, 6.45) is 0. The first-order chi connectivity index (χ1) is 10.0. The van der Waals surface area contributed by atoms with Gasteiger partial charge in [0.2, 0.25) is 0 Å². The molecule has 3 N–H and O–H groups in total. The van der Waals surface area contributed by atoms with Crippen LogP contribution in [0.4, 0.5) is 23.0 Å². The molecule has 1 heterocycles. The van der Waals surface area contributed by atoms with E-state index in [9.17, 15) is 4.79 Å². The first kappa shape index (κ1) is 15.0. The molecule has 0 saturated carbocycles. The molecule has 7 nitrogen and oxygen atoms in total. The second-order valence-electron chi connectivity index (χ2n) is 4.24. The van der Waals surface area contributed by atoms with Crippen LogP contribution in [0.15, 0.2) is 39.3 Å². The molecule has 110 valence electrons. The molecule has 0 aliphatic carbocycles. The number of nitrogen functional groups attached to an aromatic ring is 1. The minimum Gasteiger partial charge on any atom is -0.382 e. The summed E-state index contributed by atoms with van der Waals surface area (Å²) in [5.74, 6) is 0.513. The smallest absolute Gasteiger partial charge is 0.350 e. The van der Waals surface area contributed by atoms with Gasteiger partial charge in [0.15, 0.2) is 11.5 Å². The molecule has 0 atom stereocenters. The van der Waals surface area contributed by atoms with E-state index in [1.54, 1.807) is 31.3 Å². The van der Waals surface area contributed by atoms with Gasteiger partial charge in [-0.25, -0.2) is 4.79 Å². The molecule has 0 bridgehead atoms. The Labute approximate surface area is 126 Å². The second kappa shape index (κ2) is 6.36. The third-order valence-electron chi connectivity index (χ3n) is 2.74. The Morgan fingerprint density at radius 1 is 1.33 bits per heavy atom. The van der Waals surface area contributed by atoms with Crippen molar-refractivity contribution in [1.29, 1.82) is 0 Å². The maximum absolute atomic E-state index is 11.6. The summed E-state index contributed by atoms with van der Waals surface area (Å²) in [5, 5.41) is 11.8. The highest BCUT2D eigenvalue weighted by Gasteiger charge is 2.12. The average Bonchev–Trinajstić information content (AvgIpc) is 2.46. The van der Waals surface area contributed by atoms with Gasteiger partial charge in [-0.3, -0.25) is 4.57 Å². The Balaban J connectivity index is 2.45. The first-order valence-electron chi connectivity index (χ1n) is 6.30. The van der Waals surface area contributed by atoms with E-state index >= 15 is 0 Å². The molecule has 0 unspecified atom stereocenters. The topological polar surface area (TPSA) is 97.7 Å². The third-order valence-corrected chi connectivity index (χ3v) is 2.99. The van der Waals surface area contributed by atoms with Crippen LogP contribution in [-0.4, -0.2) is 16.1 Å². The number of nitrogens with one attached hydrogen (secondary N) is 1. The molecule has 1 aromatic heterocycles. The zero-order chi connectivity index (χ0) is 15.4. The van der Waals surface area contributed by atoms with Gasteiger partial charge >= 0.3 is 5.69 Å². The normalized spacial score (nSPS) is 11.0. The first-order valence-corrected chi connectivity index (χ1v) is 6.68. The van der Waals surface area contributed by atoms with Crippen molar-refractivity contribution >= 4 is 34.6 Å². The molecule has 0 spiro atoms. The molecule has 0 aliphatic rings. The SMILES string of the molecule is CCNc1c(N=Nc2ccc(Cl)cc2)c(N)nc(=O)n1C. The van der Waals surface area contributed by atoms with E-state index in [1.807, 2.05) is 6.92 Å². The van der Waals surface area contributed by atoms with Crippen LogP contribution in [0.1, 0.15) is 6.92 Å². The van der Waals surface area contributed by atoms with E-state index in [0.717, 1.165) is 0 Å². The molecule has 0 fully saturated rings. The summed E-state index contributed by atoms with van der Waals surface area (Å²) in [4.78, 5) is 15.4. The summed E-state index contributed by atoms with van der Waals surface area (Å²) in [5.41, 5.74) is 6.27. The molecule has 1 aromatic carbocycles. The zero-order valence-electron chi connectivity index (χ0n) is 11.7. The van der Waals surface area contributed by atoms with Gasteiger partial charge in [-0.2, -0.15) is 10.1 Å². The molecule has 21 heavy (non-hydrogen) atoms. The highest BCUT2D eigenvalue weighted by Crippen LogP contribution is 2.30. The van der Waals surface area contributed by atoms with Crippen LogP contribution < -0.4 is 16.7 Å². The predicted molar refractivity (Wildman–Crippen MR) is 83.7 cm³/mol. The Morgan fingerprint density at radius 2 is 2.00 bits per heavy atom. The van der Waals surface area contributed by atoms with Crippen molar-refractivity contribution in [2.24, 2.45) is 17.3 Å². The van der Waals surface area contributed by atoms with Crippen molar-refractivity contribution < 1.29 is 0 Å². The summed E-state index contributed by atoms with van der Waals surface area (Å²) in [6.45, 7) is 2.52. The quantitative estimate of drug-likeness (QED) is 0.849. The summed E-state index contributed by atoms with van der Waals surface area (Å²) in [6, 6.07) is 6.88. The van der Waals surface area contributed by atoms with Crippen molar-refractivity contribution in [3.63, 3.8) is 0 Å². The molecule has 2 rings (SSSR count). The second-order valence-corrected chi connectivity index (χ2v) is 4.68. The van der Waals surface area contributed by atoms with Crippen molar-refractivity contribution in [3.05, 3.63) is 39.8 Å². The Hall–Kier alpha value is -2.41. The van der Waals surface area contributed by atoms with E-state index in [2.05, 4.69) is 20.5 Å². The predicted octanol–water partition coefficient (Wildman–Crippen LogP) is 2.86. The molecule has 0 radical (unpaired) electrons. The Morgan fingerprint density at radius 3 is 2.62 bits per heavy atom. The van der Waals surface area contributed by atoms with Crippen molar-refractivity contribution in [1.82, 2.24) is 9.55 Å². The maximum Gasteiger partial charge on any atom is 0.350 e. The van der Waals surface area contributed by atoms with E-state index < -0.39 is 5.69 Å². The molecule has 8 heteroatoms. The summed E-state index contributed by atoms with van der Waals surface area (Å²) >= 11 is 5.81. The van der Waals surface area contributed by atoms with E-state index in [4.69, 9.17) is 17.3 Å². The fraction of sp³-hybridized carbons (Fsp3) is 0.231. The number of benzene rings is 1. The number of anilines is 2. The molecule has 2 aromatic rings. The van der Waals surface area contributed by atoms with Gasteiger partial charge in [0.1, 0.15) is 5.82 Å². The number of rotatable bonds is 4. The zero-order valence-corrected chi connectivity index (χ0v) is 12.4. The minimum absolute atomic E-state index is 0.0340. The van der Waals surface area contributed by atoms with E-state index in [-0.39, 0.29) is 5.82 Å². The maximum atomic E-state index is 11.6. The number of aromatic nitrogens is 2. The van der Waals surface area contributed by atoms with Crippen molar-refractivity contribution in [2.45, 2.75) is 6.92 Å². The van der Waals surface area contributed by atoms with E-state index in [1.165, 1.54) is 4.57 Å². The standard InChI is InChI=1S/C13H15ClN6O/c1-3-16-12-10(11(15)17-13(21)20(12)2)19-18-9-6-4-8(14)5-7-9/h4-7,16H,3H2,1-2H3,(H2,15,17,21). The van der Waals surface area contributed by atoms with Crippen LogP contribution >= 0.6 is 11.6 Å². The summed E-state index contributed by atoms with van der Waals surface area (Å²) < 4.78 is 1.34. The molecule has 0 saturated heterocycles. The van der Waals surface area contributed by atoms with Crippen LogP contribution in [0.2, 0.25) is 5.02 Å². The monoisotopic (exact) mass is 306 g/mol. The fourth-order valence-corrected chi connectivity index (χ4v) is 1.82. The van der Waals surface area contributed by atoms with Crippen LogP contribution in [0.25, 0.3) is 0 Å². The van der Waals surface area contributed by atoms with Crippen LogP contribution in [-0.2, 0) is 7.05 Å². The van der Waals surface area contributed by atoms with Gasteiger partial charge in [-0.15, -0.1) is 5.11 Å². The highest BCUT2D eigenvalue weighted by atomic mass is 35.5. The van der Waals surface area contributed by atoms with Gasteiger partial charge in [0.25, 0.3) is 0 Å². The number of azo groups is 1. The summed E-state index contributed by atoms with van der Waals surface area (Å²) in [7, 11) is 1.59. The van der Waals surface area contributed by atoms with Gasteiger partial charge in [-0.05, 0) is 31.2 Å². The number of halogens is 1. The minimum atomic E-state index is -0.450. The molecular weight excluding hydrogens is 292 g/mol. The Bertz CT molecular complexity index is 723. The van der Waals surface area contributed by atoms with Gasteiger partial charge < -0.3 is 11.1 Å². The molecule has 0 amide bonds. The lowest BCUT2D eigenvalue weighted by Gasteiger charge is -2.12. The molecule has 0 aliphatic heterocycles. The van der Waals surface area contributed by atoms with Crippen LogP contribution in [0, 0.1) is 0 Å². The van der Waals surface area contributed by atoms with Crippen molar-refractivity contribution in [2.75, 3.05) is 17.6 Å².